The van der Waals surface area contributed by atoms with E-state index in [1.54, 1.807) is 29.1 Å². The van der Waals surface area contributed by atoms with Crippen molar-refractivity contribution in [3.63, 3.8) is 0 Å². The minimum absolute atomic E-state index is 0.174. The molecule has 0 aliphatic heterocycles. The van der Waals surface area contributed by atoms with Gasteiger partial charge in [-0.2, -0.15) is 10.2 Å². The molecule has 3 aromatic rings. The number of benzene rings is 1. The SMILES string of the molecule is CC(C)(C)c1cc(C(=O)NN=Cc2ccco2)n(-c2ccccc2)n1. The molecule has 1 aromatic carbocycles. The fourth-order valence-corrected chi connectivity index (χ4v) is 2.25. The van der Waals surface area contributed by atoms with Gasteiger partial charge in [0.25, 0.3) is 5.91 Å². The summed E-state index contributed by atoms with van der Waals surface area (Å²) in [5, 5.41) is 8.55. The maximum absolute atomic E-state index is 12.6. The van der Waals surface area contributed by atoms with Crippen LogP contribution in [-0.2, 0) is 5.41 Å². The van der Waals surface area contributed by atoms with Gasteiger partial charge in [-0.25, -0.2) is 10.1 Å². The first-order chi connectivity index (χ1) is 11.9. The largest absolute Gasteiger partial charge is 0.463 e. The number of amides is 1. The quantitative estimate of drug-likeness (QED) is 0.585. The van der Waals surface area contributed by atoms with Crippen molar-refractivity contribution in [2.75, 3.05) is 0 Å². The fourth-order valence-electron chi connectivity index (χ4n) is 2.25. The molecule has 3 rings (SSSR count). The number of carbonyl (C=O) groups is 1. The van der Waals surface area contributed by atoms with Crippen LogP contribution in [-0.4, -0.2) is 21.9 Å². The molecular weight excluding hydrogens is 316 g/mol. The lowest BCUT2D eigenvalue weighted by molar-refractivity contribution is 0.0947. The summed E-state index contributed by atoms with van der Waals surface area (Å²) in [6.45, 7) is 6.17. The zero-order valence-electron chi connectivity index (χ0n) is 14.4. The van der Waals surface area contributed by atoms with Crippen LogP contribution in [0.1, 0.15) is 42.7 Å². The molecule has 0 aliphatic rings. The maximum Gasteiger partial charge on any atom is 0.290 e. The number of para-hydroxylation sites is 1. The van der Waals surface area contributed by atoms with Gasteiger partial charge >= 0.3 is 0 Å². The Morgan fingerprint density at radius 3 is 2.60 bits per heavy atom. The van der Waals surface area contributed by atoms with E-state index in [0.29, 0.717) is 11.5 Å². The van der Waals surface area contributed by atoms with Crippen LogP contribution in [0.3, 0.4) is 0 Å². The van der Waals surface area contributed by atoms with Gasteiger partial charge < -0.3 is 4.42 Å². The number of hydrogen-bond acceptors (Lipinski definition) is 4. The second kappa shape index (κ2) is 6.76. The summed E-state index contributed by atoms with van der Waals surface area (Å²) in [7, 11) is 0. The first-order valence-corrected chi connectivity index (χ1v) is 7.98. The van der Waals surface area contributed by atoms with Gasteiger partial charge in [-0.15, -0.1) is 0 Å². The smallest absolute Gasteiger partial charge is 0.290 e. The Morgan fingerprint density at radius 2 is 1.96 bits per heavy atom. The van der Waals surface area contributed by atoms with Gasteiger partial charge in [-0.05, 0) is 30.3 Å². The van der Waals surface area contributed by atoms with Crippen LogP contribution < -0.4 is 5.43 Å². The highest BCUT2D eigenvalue weighted by Gasteiger charge is 2.23. The molecule has 6 heteroatoms. The van der Waals surface area contributed by atoms with Gasteiger partial charge in [0.1, 0.15) is 11.5 Å². The van der Waals surface area contributed by atoms with Crippen molar-refractivity contribution in [1.82, 2.24) is 15.2 Å². The third-order valence-corrected chi connectivity index (χ3v) is 3.61. The lowest BCUT2D eigenvalue weighted by atomic mass is 9.92. The number of hydrazone groups is 1. The molecule has 0 aliphatic carbocycles. The molecule has 0 bridgehead atoms. The molecule has 0 spiro atoms. The first kappa shape index (κ1) is 16.7. The average Bonchev–Trinajstić information content (AvgIpc) is 3.24. The van der Waals surface area contributed by atoms with Crippen LogP contribution in [0.25, 0.3) is 5.69 Å². The molecule has 6 nitrogen and oxygen atoms in total. The second-order valence-corrected chi connectivity index (χ2v) is 6.63. The van der Waals surface area contributed by atoms with Crippen molar-refractivity contribution < 1.29 is 9.21 Å². The van der Waals surface area contributed by atoms with E-state index in [0.717, 1.165) is 11.4 Å². The number of rotatable bonds is 4. The fraction of sp³-hybridized carbons (Fsp3) is 0.211. The molecule has 0 atom stereocenters. The van der Waals surface area contributed by atoms with Gasteiger partial charge in [0.15, 0.2) is 0 Å². The number of furan rings is 1. The summed E-state index contributed by atoms with van der Waals surface area (Å²) in [6.07, 6.45) is 3.00. The van der Waals surface area contributed by atoms with E-state index in [-0.39, 0.29) is 11.3 Å². The summed E-state index contributed by atoms with van der Waals surface area (Å²) in [5.74, 6) is 0.224. The van der Waals surface area contributed by atoms with Gasteiger partial charge in [0.2, 0.25) is 0 Å². The average molecular weight is 336 g/mol. The number of nitrogens with zero attached hydrogens (tertiary/aromatic N) is 3. The molecular formula is C19H20N4O2. The number of carbonyl (C=O) groups excluding carboxylic acids is 1. The Bertz CT molecular complexity index is 872. The Balaban J connectivity index is 1.91. The first-order valence-electron chi connectivity index (χ1n) is 7.98. The number of hydrogen-bond donors (Lipinski definition) is 1. The molecule has 2 heterocycles. The van der Waals surface area contributed by atoms with Crippen LogP contribution in [0.4, 0.5) is 0 Å². The number of aromatic nitrogens is 2. The molecule has 0 fully saturated rings. The van der Waals surface area contributed by atoms with Crippen LogP contribution in [0, 0.1) is 0 Å². The van der Waals surface area contributed by atoms with Gasteiger partial charge in [0, 0.05) is 5.41 Å². The van der Waals surface area contributed by atoms with Gasteiger partial charge in [-0.1, -0.05) is 39.0 Å². The summed E-state index contributed by atoms with van der Waals surface area (Å²) in [6, 6.07) is 14.8. The maximum atomic E-state index is 12.6. The summed E-state index contributed by atoms with van der Waals surface area (Å²) in [5.41, 5.74) is 4.42. The highest BCUT2D eigenvalue weighted by molar-refractivity contribution is 5.94. The lowest BCUT2D eigenvalue weighted by Gasteiger charge is -2.14. The molecule has 128 valence electrons. The topological polar surface area (TPSA) is 72.4 Å². The van der Waals surface area contributed by atoms with Gasteiger partial charge in [0.05, 0.1) is 23.9 Å². The molecule has 0 radical (unpaired) electrons. The third kappa shape index (κ3) is 3.85. The van der Waals surface area contributed by atoms with E-state index in [1.165, 1.54) is 6.21 Å². The summed E-state index contributed by atoms with van der Waals surface area (Å²) < 4.78 is 6.78. The van der Waals surface area contributed by atoms with Crippen molar-refractivity contribution in [3.8, 4) is 5.69 Å². The monoisotopic (exact) mass is 336 g/mol. The summed E-state index contributed by atoms with van der Waals surface area (Å²) >= 11 is 0. The third-order valence-electron chi connectivity index (χ3n) is 3.61. The minimum atomic E-state index is -0.338. The second-order valence-electron chi connectivity index (χ2n) is 6.63. The van der Waals surface area contributed by atoms with Crippen LogP contribution in [0.15, 0.2) is 64.3 Å². The van der Waals surface area contributed by atoms with Crippen LogP contribution in [0.5, 0.6) is 0 Å². The highest BCUT2D eigenvalue weighted by Crippen LogP contribution is 2.23. The molecule has 25 heavy (non-hydrogen) atoms. The van der Waals surface area contributed by atoms with E-state index in [2.05, 4.69) is 36.4 Å². The number of nitrogens with one attached hydrogen (secondary N) is 1. The molecule has 1 N–H and O–H groups in total. The standard InChI is InChI=1S/C19H20N4O2/c1-19(2,3)17-12-16(23(22-17)14-8-5-4-6-9-14)18(24)21-20-13-15-10-7-11-25-15/h4-13H,1-3H3,(H,21,24). The molecule has 1 amide bonds. The lowest BCUT2D eigenvalue weighted by Crippen LogP contribution is -2.21. The van der Waals surface area contributed by atoms with Crippen LogP contribution in [0.2, 0.25) is 0 Å². The van der Waals surface area contributed by atoms with E-state index in [9.17, 15) is 4.79 Å². The molecule has 0 unspecified atom stereocenters. The zero-order chi connectivity index (χ0) is 17.9. The van der Waals surface area contributed by atoms with E-state index < -0.39 is 0 Å². The van der Waals surface area contributed by atoms with Crippen molar-refractivity contribution in [3.05, 3.63) is 71.9 Å². The van der Waals surface area contributed by atoms with Crippen molar-refractivity contribution in [2.45, 2.75) is 26.2 Å². The van der Waals surface area contributed by atoms with Crippen molar-refractivity contribution >= 4 is 12.1 Å². The van der Waals surface area contributed by atoms with Gasteiger partial charge in [-0.3, -0.25) is 4.79 Å². The predicted molar refractivity (Wildman–Crippen MR) is 96.0 cm³/mol. The van der Waals surface area contributed by atoms with E-state index in [4.69, 9.17) is 4.42 Å². The van der Waals surface area contributed by atoms with Crippen LogP contribution >= 0.6 is 0 Å². The van der Waals surface area contributed by atoms with Crippen molar-refractivity contribution in [1.29, 1.82) is 0 Å². The molecule has 0 saturated heterocycles. The summed E-state index contributed by atoms with van der Waals surface area (Å²) in [4.78, 5) is 12.6. The Labute approximate surface area is 146 Å². The Hall–Kier alpha value is -3.15. The highest BCUT2D eigenvalue weighted by atomic mass is 16.3. The normalized spacial score (nSPS) is 11.8. The zero-order valence-corrected chi connectivity index (χ0v) is 14.4. The predicted octanol–water partition coefficient (Wildman–Crippen LogP) is 3.53. The van der Waals surface area contributed by atoms with E-state index >= 15 is 0 Å². The minimum Gasteiger partial charge on any atom is -0.463 e. The molecule has 2 aromatic heterocycles. The van der Waals surface area contributed by atoms with Crippen molar-refractivity contribution in [2.24, 2.45) is 5.10 Å². The van der Waals surface area contributed by atoms with E-state index in [1.807, 2.05) is 30.3 Å². The Kier molecular flexibility index (Phi) is 4.52. The molecule has 0 saturated carbocycles. The Morgan fingerprint density at radius 1 is 1.20 bits per heavy atom.